The molecular formula is C20H18N2O4S. The summed E-state index contributed by atoms with van der Waals surface area (Å²) in [5.74, 6) is 0.152. The maximum atomic E-state index is 12.0. The van der Waals surface area contributed by atoms with E-state index in [9.17, 15) is 13.2 Å². The summed E-state index contributed by atoms with van der Waals surface area (Å²) in [4.78, 5) is 15.4. The van der Waals surface area contributed by atoms with Crippen LogP contribution in [0.5, 0.6) is 5.75 Å². The molecule has 0 bridgehead atoms. The number of carbonyl (C=O) groups is 1. The summed E-state index contributed by atoms with van der Waals surface area (Å²) < 4.78 is 31.2. The number of hydrogen-bond donors (Lipinski definition) is 1. The molecule has 1 amide bonds. The normalized spacial score (nSPS) is 11.6. The van der Waals surface area contributed by atoms with Gasteiger partial charge in [0.1, 0.15) is 5.75 Å². The highest BCUT2D eigenvalue weighted by Crippen LogP contribution is 2.28. The first kappa shape index (κ1) is 18.6. The van der Waals surface area contributed by atoms with E-state index < -0.39 is 15.9 Å². The molecule has 0 fully saturated rings. The van der Waals surface area contributed by atoms with Crippen molar-refractivity contribution in [2.24, 2.45) is 4.99 Å². The van der Waals surface area contributed by atoms with Crippen LogP contribution in [0.4, 0.5) is 5.69 Å². The van der Waals surface area contributed by atoms with Gasteiger partial charge in [-0.05, 0) is 41.8 Å². The summed E-state index contributed by atoms with van der Waals surface area (Å²) >= 11 is 0. The lowest BCUT2D eigenvalue weighted by atomic mass is 10.0. The second kappa shape index (κ2) is 7.59. The highest BCUT2D eigenvalue weighted by Gasteiger charge is 2.14. The minimum absolute atomic E-state index is 0.00606. The molecule has 0 aromatic heterocycles. The van der Waals surface area contributed by atoms with Crippen molar-refractivity contribution < 1.29 is 17.9 Å². The first-order valence-corrected chi connectivity index (χ1v) is 9.62. The maximum absolute atomic E-state index is 12.0. The zero-order valence-electron chi connectivity index (χ0n) is 14.8. The molecule has 0 aliphatic rings. The fourth-order valence-corrected chi connectivity index (χ4v) is 3.68. The molecule has 0 spiro atoms. The van der Waals surface area contributed by atoms with Crippen LogP contribution in [0.3, 0.4) is 0 Å². The van der Waals surface area contributed by atoms with Gasteiger partial charge in [-0.3, -0.25) is 9.79 Å². The molecule has 3 aromatic carbocycles. The van der Waals surface area contributed by atoms with Crippen molar-refractivity contribution in [1.29, 1.82) is 0 Å². The Hall–Kier alpha value is -3.19. The van der Waals surface area contributed by atoms with E-state index in [0.717, 1.165) is 29.0 Å². The van der Waals surface area contributed by atoms with Crippen molar-refractivity contribution in [3.05, 3.63) is 66.2 Å². The number of amides is 1. The second-order valence-electron chi connectivity index (χ2n) is 5.82. The number of sulfonamides is 1. The fraction of sp³-hybridized carbons (Fsp3) is 0.100. The Kier molecular flexibility index (Phi) is 5.23. The van der Waals surface area contributed by atoms with Crippen molar-refractivity contribution in [3.63, 3.8) is 0 Å². The number of methoxy groups -OCH3 is 1. The Morgan fingerprint density at radius 2 is 1.67 bits per heavy atom. The van der Waals surface area contributed by atoms with Crippen LogP contribution < -0.4 is 9.46 Å². The molecular weight excluding hydrogens is 364 g/mol. The van der Waals surface area contributed by atoms with E-state index in [2.05, 4.69) is 4.99 Å². The highest BCUT2D eigenvalue weighted by atomic mass is 32.2. The zero-order valence-corrected chi connectivity index (χ0v) is 15.7. The van der Waals surface area contributed by atoms with Gasteiger partial charge in [0.05, 0.1) is 17.7 Å². The summed E-state index contributed by atoms with van der Waals surface area (Å²) in [6, 6.07) is 17.6. The van der Waals surface area contributed by atoms with Crippen molar-refractivity contribution in [1.82, 2.24) is 4.72 Å². The zero-order chi connectivity index (χ0) is 19.4. The van der Waals surface area contributed by atoms with Gasteiger partial charge in [-0.2, -0.15) is 0 Å². The van der Waals surface area contributed by atoms with E-state index in [-0.39, 0.29) is 4.90 Å². The van der Waals surface area contributed by atoms with E-state index in [0.29, 0.717) is 5.69 Å². The van der Waals surface area contributed by atoms with Crippen LogP contribution in [0.2, 0.25) is 0 Å². The number of benzene rings is 3. The summed E-state index contributed by atoms with van der Waals surface area (Å²) in [5.41, 5.74) is 1.51. The lowest BCUT2D eigenvalue weighted by molar-refractivity contribution is -0.117. The molecule has 0 saturated carbocycles. The molecule has 0 aliphatic heterocycles. The van der Waals surface area contributed by atoms with Gasteiger partial charge in [0, 0.05) is 24.1 Å². The molecule has 0 heterocycles. The van der Waals surface area contributed by atoms with Crippen LogP contribution in [-0.4, -0.2) is 27.6 Å². The van der Waals surface area contributed by atoms with Gasteiger partial charge >= 0.3 is 0 Å². The number of aliphatic imine (C=N–C) groups is 1. The molecule has 0 unspecified atom stereocenters. The number of fused-ring (bicyclic) bond motifs is 1. The lowest BCUT2D eigenvalue weighted by Crippen LogP contribution is -2.28. The maximum Gasteiger partial charge on any atom is 0.264 e. The number of rotatable bonds is 5. The predicted molar refractivity (Wildman–Crippen MR) is 105 cm³/mol. The number of carbonyl (C=O) groups excluding carboxylic acids is 1. The Labute approximate surface area is 157 Å². The Morgan fingerprint density at radius 1 is 1.00 bits per heavy atom. The molecule has 138 valence electrons. The van der Waals surface area contributed by atoms with Crippen LogP contribution >= 0.6 is 0 Å². The quantitative estimate of drug-likeness (QED) is 0.685. The van der Waals surface area contributed by atoms with Crippen molar-refractivity contribution in [2.75, 3.05) is 7.11 Å². The molecule has 6 nitrogen and oxygen atoms in total. The molecule has 0 aliphatic carbocycles. The third kappa shape index (κ3) is 4.15. The summed E-state index contributed by atoms with van der Waals surface area (Å²) in [6.45, 7) is 1.15. The molecule has 27 heavy (non-hydrogen) atoms. The van der Waals surface area contributed by atoms with Crippen LogP contribution in [0.1, 0.15) is 12.5 Å². The summed E-state index contributed by atoms with van der Waals surface area (Å²) in [6.07, 6.45) is 1.72. The highest BCUT2D eigenvalue weighted by molar-refractivity contribution is 7.90. The minimum atomic E-state index is -3.85. The number of ether oxygens (including phenoxy) is 1. The van der Waals surface area contributed by atoms with Gasteiger partial charge in [-0.1, -0.05) is 24.3 Å². The van der Waals surface area contributed by atoms with Gasteiger partial charge in [0.2, 0.25) is 5.91 Å². The molecule has 7 heteroatoms. The van der Waals surface area contributed by atoms with Gasteiger partial charge in [-0.25, -0.2) is 13.1 Å². The van der Waals surface area contributed by atoms with Gasteiger partial charge in [-0.15, -0.1) is 0 Å². The Balaban J connectivity index is 1.89. The molecule has 0 atom stereocenters. The topological polar surface area (TPSA) is 84.8 Å². The smallest absolute Gasteiger partial charge is 0.264 e. The third-order valence-corrected chi connectivity index (χ3v) is 5.36. The second-order valence-corrected chi connectivity index (χ2v) is 7.50. The van der Waals surface area contributed by atoms with E-state index in [4.69, 9.17) is 4.74 Å². The van der Waals surface area contributed by atoms with Crippen molar-refractivity contribution >= 4 is 38.6 Å². The van der Waals surface area contributed by atoms with E-state index in [1.807, 2.05) is 41.1 Å². The Morgan fingerprint density at radius 3 is 2.30 bits per heavy atom. The number of nitrogens with zero attached hydrogens (tertiary/aromatic N) is 1. The number of nitrogens with one attached hydrogen (secondary N) is 1. The first-order valence-electron chi connectivity index (χ1n) is 8.14. The standard InChI is InChI=1S/C20H18N2O4S/c1-14(23)22-27(24,25)17-10-8-16(9-11-17)21-13-15-7-12-20(26-2)19-6-4-3-5-18(15)19/h3-13H,1-2H3,(H,22,23). The SMILES string of the molecule is COc1ccc(C=Nc2ccc(S(=O)(=O)NC(C)=O)cc2)c2ccccc12. The van der Waals surface area contributed by atoms with Gasteiger partial charge in [0.15, 0.2) is 0 Å². The van der Waals surface area contributed by atoms with Crippen LogP contribution in [-0.2, 0) is 14.8 Å². The van der Waals surface area contributed by atoms with E-state index in [1.165, 1.54) is 12.1 Å². The van der Waals surface area contributed by atoms with Crippen LogP contribution in [0.15, 0.2) is 70.6 Å². The molecule has 0 radical (unpaired) electrons. The van der Waals surface area contributed by atoms with E-state index in [1.54, 1.807) is 25.5 Å². The number of hydrogen-bond acceptors (Lipinski definition) is 5. The average Bonchev–Trinajstić information content (AvgIpc) is 2.65. The first-order chi connectivity index (χ1) is 12.9. The van der Waals surface area contributed by atoms with E-state index >= 15 is 0 Å². The monoisotopic (exact) mass is 382 g/mol. The summed E-state index contributed by atoms with van der Waals surface area (Å²) in [7, 11) is -2.21. The van der Waals surface area contributed by atoms with Crippen molar-refractivity contribution in [2.45, 2.75) is 11.8 Å². The molecule has 0 saturated heterocycles. The van der Waals surface area contributed by atoms with Crippen molar-refractivity contribution in [3.8, 4) is 5.75 Å². The molecule has 3 rings (SSSR count). The van der Waals surface area contributed by atoms with Gasteiger partial charge in [0.25, 0.3) is 10.0 Å². The molecule has 3 aromatic rings. The fourth-order valence-electron chi connectivity index (χ4n) is 2.69. The van der Waals surface area contributed by atoms with Crippen LogP contribution in [0.25, 0.3) is 10.8 Å². The lowest BCUT2D eigenvalue weighted by Gasteiger charge is -2.07. The summed E-state index contributed by atoms with van der Waals surface area (Å²) in [5, 5.41) is 1.99. The Bertz CT molecular complexity index is 1120. The van der Waals surface area contributed by atoms with Gasteiger partial charge < -0.3 is 4.74 Å². The predicted octanol–water partition coefficient (Wildman–Crippen LogP) is 3.42. The third-order valence-electron chi connectivity index (χ3n) is 3.92. The largest absolute Gasteiger partial charge is 0.496 e. The average molecular weight is 382 g/mol. The minimum Gasteiger partial charge on any atom is -0.496 e. The molecule has 1 N–H and O–H groups in total. The van der Waals surface area contributed by atoms with Crippen LogP contribution in [0, 0.1) is 0 Å².